The van der Waals surface area contributed by atoms with Crippen molar-refractivity contribution in [3.8, 4) is 0 Å². The molecule has 2 aromatic heterocycles. The highest BCUT2D eigenvalue weighted by Gasteiger charge is 2.33. The summed E-state index contributed by atoms with van der Waals surface area (Å²) < 4.78 is 2.20. The van der Waals surface area contributed by atoms with Crippen molar-refractivity contribution in [2.24, 2.45) is 7.05 Å². The first-order valence-electron chi connectivity index (χ1n) is 6.19. The van der Waals surface area contributed by atoms with Crippen molar-refractivity contribution in [3.63, 3.8) is 0 Å². The minimum atomic E-state index is 0.181. The van der Waals surface area contributed by atoms with Crippen LogP contribution in [0.5, 0.6) is 0 Å². The van der Waals surface area contributed by atoms with Crippen molar-refractivity contribution in [1.29, 1.82) is 0 Å². The zero-order valence-corrected chi connectivity index (χ0v) is 10.4. The molecule has 4 heteroatoms. The highest BCUT2D eigenvalue weighted by molar-refractivity contribution is 5.71. The van der Waals surface area contributed by atoms with Crippen LogP contribution in [0.2, 0.25) is 0 Å². The molecule has 90 valence electrons. The molecule has 0 saturated carbocycles. The largest absolute Gasteiger partial charge is 0.329 e. The second kappa shape index (κ2) is 3.81. The summed E-state index contributed by atoms with van der Waals surface area (Å²) in [5.74, 6) is 1.17. The van der Waals surface area contributed by atoms with E-state index in [1.165, 1.54) is 5.82 Å². The number of fused-ring (bicyclic) bond motifs is 1. The van der Waals surface area contributed by atoms with Crippen molar-refractivity contribution in [2.75, 3.05) is 13.1 Å². The van der Waals surface area contributed by atoms with Crippen molar-refractivity contribution in [1.82, 2.24) is 19.9 Å². The summed E-state index contributed by atoms with van der Waals surface area (Å²) in [5.41, 5.74) is 2.17. The molecule has 1 saturated heterocycles. The van der Waals surface area contributed by atoms with Gasteiger partial charge in [-0.05, 0) is 38.1 Å². The van der Waals surface area contributed by atoms with E-state index in [-0.39, 0.29) is 5.41 Å². The Kier molecular flexibility index (Phi) is 2.40. The zero-order chi connectivity index (χ0) is 11.9. The maximum absolute atomic E-state index is 4.73. The van der Waals surface area contributed by atoms with Gasteiger partial charge in [0.1, 0.15) is 5.82 Å². The van der Waals surface area contributed by atoms with Gasteiger partial charge in [0.15, 0.2) is 5.65 Å². The molecule has 0 radical (unpaired) electrons. The minimum Gasteiger partial charge on any atom is -0.329 e. The molecule has 2 aromatic rings. The highest BCUT2D eigenvalue weighted by Crippen LogP contribution is 2.33. The highest BCUT2D eigenvalue weighted by atomic mass is 15.1. The molecule has 1 N–H and O–H groups in total. The van der Waals surface area contributed by atoms with Gasteiger partial charge in [-0.25, -0.2) is 9.97 Å². The van der Waals surface area contributed by atoms with E-state index in [0.717, 1.165) is 37.1 Å². The van der Waals surface area contributed by atoms with Gasteiger partial charge >= 0.3 is 0 Å². The third-order valence-electron chi connectivity index (χ3n) is 3.90. The molecular formula is C13H18N4. The number of aryl methyl sites for hydroxylation is 1. The molecule has 0 amide bonds. The zero-order valence-electron chi connectivity index (χ0n) is 10.4. The van der Waals surface area contributed by atoms with E-state index in [0.29, 0.717) is 0 Å². The molecule has 17 heavy (non-hydrogen) atoms. The van der Waals surface area contributed by atoms with Gasteiger partial charge in [0, 0.05) is 18.7 Å². The van der Waals surface area contributed by atoms with Gasteiger partial charge in [-0.15, -0.1) is 0 Å². The lowest BCUT2D eigenvalue weighted by molar-refractivity contribution is 0.313. The fourth-order valence-corrected chi connectivity index (χ4v) is 2.77. The van der Waals surface area contributed by atoms with Gasteiger partial charge in [0.05, 0.1) is 5.52 Å². The quantitative estimate of drug-likeness (QED) is 0.809. The molecule has 1 aliphatic heterocycles. The maximum Gasteiger partial charge on any atom is 0.177 e. The van der Waals surface area contributed by atoms with Crippen molar-refractivity contribution < 1.29 is 0 Å². The molecule has 3 rings (SSSR count). The third kappa shape index (κ3) is 1.63. The van der Waals surface area contributed by atoms with Crippen molar-refractivity contribution in [3.05, 3.63) is 24.2 Å². The van der Waals surface area contributed by atoms with E-state index < -0.39 is 0 Å². The van der Waals surface area contributed by atoms with Gasteiger partial charge < -0.3 is 9.88 Å². The Balaban J connectivity index is 2.13. The average molecular weight is 230 g/mol. The van der Waals surface area contributed by atoms with E-state index in [4.69, 9.17) is 4.98 Å². The van der Waals surface area contributed by atoms with Crippen molar-refractivity contribution in [2.45, 2.75) is 25.2 Å². The number of piperidine rings is 1. The van der Waals surface area contributed by atoms with Gasteiger partial charge in [0.2, 0.25) is 0 Å². The number of aromatic nitrogens is 3. The van der Waals surface area contributed by atoms with E-state index in [9.17, 15) is 0 Å². The molecule has 0 bridgehead atoms. The maximum atomic E-state index is 4.73. The standard InChI is InChI=1S/C13H18N4/c1-13(5-8-14-9-6-13)12-16-11-10(17(12)2)4-3-7-15-11/h3-4,7,14H,5-6,8-9H2,1-2H3. The van der Waals surface area contributed by atoms with E-state index in [2.05, 4.69) is 34.9 Å². The van der Waals surface area contributed by atoms with Gasteiger partial charge in [-0.2, -0.15) is 0 Å². The molecule has 0 spiro atoms. The number of hydrogen-bond acceptors (Lipinski definition) is 3. The average Bonchev–Trinajstić information content (AvgIpc) is 2.69. The first-order chi connectivity index (χ1) is 8.21. The first-order valence-corrected chi connectivity index (χ1v) is 6.19. The summed E-state index contributed by atoms with van der Waals surface area (Å²) in [6, 6.07) is 4.06. The molecule has 1 aliphatic rings. The predicted octanol–water partition coefficient (Wildman–Crippen LogP) is 1.61. The van der Waals surface area contributed by atoms with Crippen LogP contribution in [0, 0.1) is 0 Å². The second-order valence-electron chi connectivity index (χ2n) is 5.15. The monoisotopic (exact) mass is 230 g/mol. The number of nitrogens with zero attached hydrogens (tertiary/aromatic N) is 3. The number of nitrogens with one attached hydrogen (secondary N) is 1. The molecule has 4 nitrogen and oxygen atoms in total. The van der Waals surface area contributed by atoms with Crippen LogP contribution in [-0.4, -0.2) is 27.6 Å². The molecular weight excluding hydrogens is 212 g/mol. The van der Waals surface area contributed by atoms with E-state index in [1.54, 1.807) is 0 Å². The number of imidazole rings is 1. The first kappa shape index (κ1) is 10.7. The van der Waals surface area contributed by atoms with E-state index in [1.807, 2.05) is 12.3 Å². The summed E-state index contributed by atoms with van der Waals surface area (Å²) in [5, 5.41) is 3.41. The Hall–Kier alpha value is -1.42. The van der Waals surface area contributed by atoms with Gasteiger partial charge in [-0.3, -0.25) is 0 Å². The lowest BCUT2D eigenvalue weighted by atomic mass is 9.80. The summed E-state index contributed by atoms with van der Waals surface area (Å²) in [7, 11) is 2.10. The Morgan fingerprint density at radius 3 is 2.82 bits per heavy atom. The second-order valence-corrected chi connectivity index (χ2v) is 5.15. The molecule has 0 aromatic carbocycles. The molecule has 0 atom stereocenters. The van der Waals surface area contributed by atoms with Crippen LogP contribution in [0.3, 0.4) is 0 Å². The number of pyridine rings is 1. The SMILES string of the molecule is Cn1c(C2(C)CCNCC2)nc2ncccc21. The summed E-state index contributed by atoms with van der Waals surface area (Å²) >= 11 is 0. The Bertz CT molecular complexity index is 537. The predicted molar refractivity (Wildman–Crippen MR) is 68.0 cm³/mol. The Morgan fingerprint density at radius 1 is 1.35 bits per heavy atom. The van der Waals surface area contributed by atoms with Crippen LogP contribution in [0.1, 0.15) is 25.6 Å². The molecule has 0 unspecified atom stereocenters. The van der Waals surface area contributed by atoms with Crippen LogP contribution in [-0.2, 0) is 12.5 Å². The van der Waals surface area contributed by atoms with Gasteiger partial charge in [-0.1, -0.05) is 6.92 Å². The van der Waals surface area contributed by atoms with Crippen molar-refractivity contribution >= 4 is 11.2 Å². The molecule has 3 heterocycles. The Labute approximate surface area is 101 Å². The molecule has 1 fully saturated rings. The summed E-state index contributed by atoms with van der Waals surface area (Å²) in [4.78, 5) is 9.07. The lowest BCUT2D eigenvalue weighted by Crippen LogP contribution is -2.39. The topological polar surface area (TPSA) is 42.7 Å². The van der Waals surface area contributed by atoms with Crippen LogP contribution in [0.4, 0.5) is 0 Å². The van der Waals surface area contributed by atoms with Crippen LogP contribution in [0.25, 0.3) is 11.2 Å². The minimum absolute atomic E-state index is 0.181. The third-order valence-corrected chi connectivity index (χ3v) is 3.90. The smallest absolute Gasteiger partial charge is 0.177 e. The lowest BCUT2D eigenvalue weighted by Gasteiger charge is -2.33. The van der Waals surface area contributed by atoms with Crippen LogP contribution < -0.4 is 5.32 Å². The number of rotatable bonds is 1. The normalized spacial score (nSPS) is 19.6. The number of hydrogen-bond donors (Lipinski definition) is 1. The molecule has 0 aliphatic carbocycles. The fraction of sp³-hybridized carbons (Fsp3) is 0.538. The van der Waals surface area contributed by atoms with E-state index >= 15 is 0 Å². The van der Waals surface area contributed by atoms with Crippen LogP contribution in [0.15, 0.2) is 18.3 Å². The summed E-state index contributed by atoms with van der Waals surface area (Å²) in [6.07, 6.45) is 4.10. The Morgan fingerprint density at radius 2 is 2.12 bits per heavy atom. The fourth-order valence-electron chi connectivity index (χ4n) is 2.77. The van der Waals surface area contributed by atoms with Crippen LogP contribution >= 0.6 is 0 Å². The van der Waals surface area contributed by atoms with Gasteiger partial charge in [0.25, 0.3) is 0 Å². The summed E-state index contributed by atoms with van der Waals surface area (Å²) in [6.45, 7) is 4.47.